The normalized spacial score (nSPS) is 11.3. The Morgan fingerprint density at radius 2 is 1.95 bits per heavy atom. The number of hydrogen-bond donors (Lipinski definition) is 1. The van der Waals surface area contributed by atoms with E-state index < -0.39 is 0 Å². The fourth-order valence-corrected chi connectivity index (χ4v) is 3.14. The van der Waals surface area contributed by atoms with E-state index in [1.165, 1.54) is 35.0 Å². The van der Waals surface area contributed by atoms with Crippen LogP contribution in [0.1, 0.15) is 63.9 Å². The molecule has 1 aromatic rings. The van der Waals surface area contributed by atoms with Gasteiger partial charge in [-0.1, -0.05) is 47.0 Å². The van der Waals surface area contributed by atoms with Crippen molar-refractivity contribution in [1.82, 2.24) is 10.3 Å². The van der Waals surface area contributed by atoms with Crippen molar-refractivity contribution in [1.29, 1.82) is 0 Å². The monoisotopic (exact) mass is 297 g/mol. The first-order valence-corrected chi connectivity index (χ1v) is 8.83. The molecule has 4 heteroatoms. The van der Waals surface area contributed by atoms with Gasteiger partial charge in [0, 0.05) is 31.1 Å². The van der Waals surface area contributed by atoms with Crippen molar-refractivity contribution in [3.63, 3.8) is 0 Å². The summed E-state index contributed by atoms with van der Waals surface area (Å²) in [5, 5.41) is 4.70. The average molecular weight is 298 g/mol. The number of thiazole rings is 1. The minimum absolute atomic E-state index is 0.525. The SMILES string of the molecule is CCCCCN(C)c1nc(CCC)c(CNC(C)C)s1. The quantitative estimate of drug-likeness (QED) is 0.655. The molecule has 0 aliphatic carbocycles. The maximum atomic E-state index is 4.86. The molecule has 0 unspecified atom stereocenters. The highest BCUT2D eigenvalue weighted by atomic mass is 32.1. The van der Waals surface area contributed by atoms with Crippen LogP contribution in [-0.2, 0) is 13.0 Å². The van der Waals surface area contributed by atoms with Crippen LogP contribution in [0.2, 0.25) is 0 Å². The lowest BCUT2D eigenvalue weighted by molar-refractivity contribution is 0.589. The van der Waals surface area contributed by atoms with Crippen molar-refractivity contribution in [3.05, 3.63) is 10.6 Å². The van der Waals surface area contributed by atoms with E-state index in [0.717, 1.165) is 25.9 Å². The molecule has 0 spiro atoms. The van der Waals surface area contributed by atoms with Crippen LogP contribution in [-0.4, -0.2) is 24.6 Å². The summed E-state index contributed by atoms with van der Waals surface area (Å²) in [6.45, 7) is 10.9. The summed E-state index contributed by atoms with van der Waals surface area (Å²) >= 11 is 1.86. The first kappa shape index (κ1) is 17.4. The summed E-state index contributed by atoms with van der Waals surface area (Å²) in [4.78, 5) is 8.59. The molecule has 116 valence electrons. The second kappa shape index (κ2) is 9.35. The average Bonchev–Trinajstić information content (AvgIpc) is 2.80. The molecule has 1 heterocycles. The summed E-state index contributed by atoms with van der Waals surface area (Å²) in [6.07, 6.45) is 6.09. The third kappa shape index (κ3) is 5.80. The minimum atomic E-state index is 0.525. The fourth-order valence-electron chi connectivity index (χ4n) is 2.09. The van der Waals surface area contributed by atoms with Gasteiger partial charge in [-0.05, 0) is 12.8 Å². The first-order chi connectivity index (χ1) is 9.58. The van der Waals surface area contributed by atoms with Crippen LogP contribution in [0.15, 0.2) is 0 Å². The molecule has 0 aromatic carbocycles. The van der Waals surface area contributed by atoms with Gasteiger partial charge >= 0.3 is 0 Å². The molecule has 0 fully saturated rings. The molecule has 0 atom stereocenters. The molecular weight excluding hydrogens is 266 g/mol. The van der Waals surface area contributed by atoms with Crippen LogP contribution in [0.4, 0.5) is 5.13 Å². The number of aryl methyl sites for hydroxylation is 1. The van der Waals surface area contributed by atoms with E-state index in [1.54, 1.807) is 0 Å². The lowest BCUT2D eigenvalue weighted by atomic mass is 10.2. The summed E-state index contributed by atoms with van der Waals surface area (Å²) in [5.74, 6) is 0. The molecule has 1 rings (SSSR count). The molecule has 1 N–H and O–H groups in total. The molecular formula is C16H31N3S. The number of nitrogens with zero attached hydrogens (tertiary/aromatic N) is 2. The number of rotatable bonds is 10. The lowest BCUT2D eigenvalue weighted by Crippen LogP contribution is -2.21. The third-order valence-corrected chi connectivity index (χ3v) is 4.56. The Hall–Kier alpha value is -0.610. The second-order valence-corrected chi connectivity index (χ2v) is 6.84. The highest BCUT2D eigenvalue weighted by molar-refractivity contribution is 7.15. The Balaban J connectivity index is 2.68. The van der Waals surface area contributed by atoms with Gasteiger partial charge in [0.25, 0.3) is 0 Å². The summed E-state index contributed by atoms with van der Waals surface area (Å²) < 4.78 is 0. The number of hydrogen-bond acceptors (Lipinski definition) is 4. The van der Waals surface area contributed by atoms with Gasteiger partial charge in [0.15, 0.2) is 5.13 Å². The summed E-state index contributed by atoms with van der Waals surface area (Å²) in [5.41, 5.74) is 1.29. The zero-order valence-electron chi connectivity index (χ0n) is 13.8. The molecule has 0 amide bonds. The van der Waals surface area contributed by atoms with E-state index >= 15 is 0 Å². The molecule has 0 radical (unpaired) electrons. The molecule has 0 saturated carbocycles. The van der Waals surface area contributed by atoms with Crippen LogP contribution >= 0.6 is 11.3 Å². The van der Waals surface area contributed by atoms with E-state index in [0.29, 0.717) is 6.04 Å². The van der Waals surface area contributed by atoms with Crippen LogP contribution in [0.25, 0.3) is 0 Å². The largest absolute Gasteiger partial charge is 0.351 e. The van der Waals surface area contributed by atoms with Crippen LogP contribution in [0.5, 0.6) is 0 Å². The molecule has 0 saturated heterocycles. The maximum absolute atomic E-state index is 4.86. The van der Waals surface area contributed by atoms with Crippen molar-refractivity contribution in [2.24, 2.45) is 0 Å². The van der Waals surface area contributed by atoms with Gasteiger partial charge in [-0.25, -0.2) is 4.98 Å². The molecule has 0 aliphatic heterocycles. The maximum Gasteiger partial charge on any atom is 0.185 e. The van der Waals surface area contributed by atoms with Crippen LogP contribution in [0.3, 0.4) is 0 Å². The molecule has 0 aliphatic rings. The van der Waals surface area contributed by atoms with Gasteiger partial charge in [0.2, 0.25) is 0 Å². The standard InChI is InChI=1S/C16H31N3S/c1-6-8-9-11-19(5)16-18-14(10-7-2)15(20-16)12-17-13(3)4/h13,17H,6-12H2,1-5H3. The molecule has 20 heavy (non-hydrogen) atoms. The Morgan fingerprint density at radius 3 is 2.55 bits per heavy atom. The topological polar surface area (TPSA) is 28.2 Å². The Bertz CT molecular complexity index is 374. The van der Waals surface area contributed by atoms with E-state index in [1.807, 2.05) is 11.3 Å². The van der Waals surface area contributed by atoms with Crippen molar-refractivity contribution < 1.29 is 0 Å². The zero-order chi connectivity index (χ0) is 15.0. The number of unbranched alkanes of at least 4 members (excludes halogenated alkanes) is 2. The molecule has 1 aromatic heterocycles. The summed E-state index contributed by atoms with van der Waals surface area (Å²) in [7, 11) is 2.17. The van der Waals surface area contributed by atoms with Crippen molar-refractivity contribution in [2.75, 3.05) is 18.5 Å². The van der Waals surface area contributed by atoms with E-state index in [2.05, 4.69) is 45.0 Å². The van der Waals surface area contributed by atoms with Gasteiger partial charge in [0.1, 0.15) is 0 Å². The highest BCUT2D eigenvalue weighted by Gasteiger charge is 2.13. The Kier molecular flexibility index (Phi) is 8.15. The van der Waals surface area contributed by atoms with Gasteiger partial charge in [-0.15, -0.1) is 11.3 Å². The van der Waals surface area contributed by atoms with Crippen molar-refractivity contribution in [3.8, 4) is 0 Å². The van der Waals surface area contributed by atoms with Crippen molar-refractivity contribution >= 4 is 16.5 Å². The van der Waals surface area contributed by atoms with Gasteiger partial charge in [-0.3, -0.25) is 0 Å². The van der Waals surface area contributed by atoms with E-state index in [9.17, 15) is 0 Å². The Labute approximate surface area is 128 Å². The second-order valence-electron chi connectivity index (χ2n) is 5.78. The van der Waals surface area contributed by atoms with Gasteiger partial charge in [-0.2, -0.15) is 0 Å². The number of anilines is 1. The highest BCUT2D eigenvalue weighted by Crippen LogP contribution is 2.27. The van der Waals surface area contributed by atoms with Crippen molar-refractivity contribution in [2.45, 2.75) is 72.4 Å². The fraction of sp³-hybridized carbons (Fsp3) is 0.812. The molecule has 3 nitrogen and oxygen atoms in total. The minimum Gasteiger partial charge on any atom is -0.351 e. The lowest BCUT2D eigenvalue weighted by Gasteiger charge is -2.14. The van der Waals surface area contributed by atoms with Gasteiger partial charge in [0.05, 0.1) is 5.69 Å². The van der Waals surface area contributed by atoms with Crippen LogP contribution in [0, 0.1) is 0 Å². The third-order valence-electron chi connectivity index (χ3n) is 3.35. The molecule has 0 bridgehead atoms. The smallest absolute Gasteiger partial charge is 0.185 e. The number of aromatic nitrogens is 1. The predicted molar refractivity (Wildman–Crippen MR) is 90.9 cm³/mol. The van der Waals surface area contributed by atoms with Gasteiger partial charge < -0.3 is 10.2 Å². The predicted octanol–water partition coefficient (Wildman–Crippen LogP) is 4.22. The Morgan fingerprint density at radius 1 is 1.20 bits per heavy atom. The van der Waals surface area contributed by atoms with E-state index in [-0.39, 0.29) is 0 Å². The summed E-state index contributed by atoms with van der Waals surface area (Å²) in [6, 6.07) is 0.525. The zero-order valence-corrected chi connectivity index (χ0v) is 14.6. The number of nitrogens with one attached hydrogen (secondary N) is 1. The van der Waals surface area contributed by atoms with Crippen LogP contribution < -0.4 is 10.2 Å². The first-order valence-electron chi connectivity index (χ1n) is 8.01. The van der Waals surface area contributed by atoms with E-state index in [4.69, 9.17) is 4.98 Å².